The summed E-state index contributed by atoms with van der Waals surface area (Å²) >= 11 is 5.14. The van der Waals surface area contributed by atoms with E-state index < -0.39 is 5.97 Å². The molecule has 0 heterocycles. The highest BCUT2D eigenvalue weighted by Crippen LogP contribution is 2.26. The molecule has 0 aromatic heterocycles. The van der Waals surface area contributed by atoms with Gasteiger partial charge in [0, 0.05) is 21.8 Å². The molecule has 1 aliphatic rings. The molecule has 0 unspecified atom stereocenters. The minimum absolute atomic E-state index is 0.0347. The molecule has 1 saturated carbocycles. The second-order valence-corrected chi connectivity index (χ2v) is 7.60. The van der Waals surface area contributed by atoms with Gasteiger partial charge in [0.25, 0.3) is 0 Å². The van der Waals surface area contributed by atoms with Gasteiger partial charge < -0.3 is 10.4 Å². The Morgan fingerprint density at radius 2 is 2.00 bits per heavy atom. The first-order valence-electron chi connectivity index (χ1n) is 7.45. The summed E-state index contributed by atoms with van der Waals surface area (Å²) in [5, 5.41) is 11.9. The summed E-state index contributed by atoms with van der Waals surface area (Å²) in [6.45, 7) is 0. The van der Waals surface area contributed by atoms with E-state index in [9.17, 15) is 9.59 Å². The van der Waals surface area contributed by atoms with Crippen LogP contribution in [0.4, 0.5) is 0 Å². The number of carbonyl (C=O) groups is 2. The predicted molar refractivity (Wildman–Crippen MR) is 91.0 cm³/mol. The molecule has 2 atom stereocenters. The first-order chi connectivity index (χ1) is 10.5. The number of carboxylic acids is 1. The lowest BCUT2D eigenvalue weighted by Crippen LogP contribution is -2.33. The Balaban J connectivity index is 1.60. The van der Waals surface area contributed by atoms with Crippen LogP contribution < -0.4 is 5.32 Å². The number of rotatable bonds is 7. The van der Waals surface area contributed by atoms with Crippen LogP contribution in [0, 0.1) is 5.92 Å². The van der Waals surface area contributed by atoms with E-state index in [1.165, 1.54) is 4.90 Å². The fourth-order valence-electron chi connectivity index (χ4n) is 2.59. The number of hydrogen-bond acceptors (Lipinski definition) is 3. The van der Waals surface area contributed by atoms with Crippen LogP contribution in [-0.2, 0) is 9.59 Å². The fourth-order valence-corrected chi connectivity index (χ4v) is 3.71. The van der Waals surface area contributed by atoms with Crippen molar-refractivity contribution >= 4 is 39.6 Å². The van der Waals surface area contributed by atoms with E-state index in [2.05, 4.69) is 33.4 Å². The van der Waals surface area contributed by atoms with Crippen LogP contribution in [0.25, 0.3) is 0 Å². The second-order valence-electron chi connectivity index (χ2n) is 5.52. The van der Waals surface area contributed by atoms with Gasteiger partial charge in [-0.3, -0.25) is 9.59 Å². The zero-order valence-corrected chi connectivity index (χ0v) is 14.7. The third-order valence-electron chi connectivity index (χ3n) is 3.78. The number of thioether (sulfide) groups is 1. The summed E-state index contributed by atoms with van der Waals surface area (Å²) in [6, 6.07) is 8.16. The van der Waals surface area contributed by atoms with Crippen molar-refractivity contribution in [2.45, 2.75) is 43.0 Å². The van der Waals surface area contributed by atoms with Gasteiger partial charge in [-0.05, 0) is 55.7 Å². The number of carboxylic acid groups (broad SMARTS) is 1. The van der Waals surface area contributed by atoms with Crippen LogP contribution >= 0.6 is 27.7 Å². The highest BCUT2D eigenvalue weighted by Gasteiger charge is 2.30. The van der Waals surface area contributed by atoms with Gasteiger partial charge >= 0.3 is 5.97 Å². The van der Waals surface area contributed by atoms with Crippen LogP contribution in [0.15, 0.2) is 33.6 Å². The number of benzene rings is 1. The lowest BCUT2D eigenvalue weighted by Gasteiger charge is -2.12. The molecular formula is C16H20BrNO3S. The van der Waals surface area contributed by atoms with Crippen LogP contribution in [0.3, 0.4) is 0 Å². The normalized spacial score (nSPS) is 20.8. The summed E-state index contributed by atoms with van der Waals surface area (Å²) in [4.78, 5) is 23.9. The molecule has 1 amide bonds. The minimum Gasteiger partial charge on any atom is -0.481 e. The molecule has 0 radical (unpaired) electrons. The first-order valence-corrected chi connectivity index (χ1v) is 9.23. The maximum absolute atomic E-state index is 11.9. The molecule has 6 heteroatoms. The third kappa shape index (κ3) is 5.65. The zero-order chi connectivity index (χ0) is 15.9. The van der Waals surface area contributed by atoms with Crippen molar-refractivity contribution < 1.29 is 14.7 Å². The molecule has 0 saturated heterocycles. The van der Waals surface area contributed by atoms with Crippen LogP contribution in [0.2, 0.25) is 0 Å². The number of carbonyl (C=O) groups excluding carboxylic acids is 1. The van der Waals surface area contributed by atoms with Crippen molar-refractivity contribution in [2.24, 2.45) is 5.92 Å². The number of hydrogen-bond donors (Lipinski definition) is 2. The molecule has 120 valence electrons. The van der Waals surface area contributed by atoms with Crippen molar-refractivity contribution in [2.75, 3.05) is 5.75 Å². The van der Waals surface area contributed by atoms with Crippen LogP contribution in [-0.4, -0.2) is 28.8 Å². The lowest BCUT2D eigenvalue weighted by molar-refractivity contribution is -0.141. The van der Waals surface area contributed by atoms with E-state index >= 15 is 0 Å². The molecule has 1 aliphatic carbocycles. The fraction of sp³-hybridized carbons (Fsp3) is 0.500. The molecule has 4 nitrogen and oxygen atoms in total. The largest absolute Gasteiger partial charge is 0.481 e. The van der Waals surface area contributed by atoms with Gasteiger partial charge in [0.1, 0.15) is 0 Å². The molecule has 0 aliphatic heterocycles. The number of halogens is 1. The maximum Gasteiger partial charge on any atom is 0.306 e. The van der Waals surface area contributed by atoms with E-state index in [1.54, 1.807) is 11.8 Å². The molecule has 0 spiro atoms. The predicted octanol–water partition coefficient (Wildman–Crippen LogP) is 3.69. The Bertz CT molecular complexity index is 521. The third-order valence-corrected chi connectivity index (χ3v) is 5.40. The highest BCUT2D eigenvalue weighted by atomic mass is 79.9. The van der Waals surface area contributed by atoms with Crippen molar-refractivity contribution in [1.29, 1.82) is 0 Å². The lowest BCUT2D eigenvalue weighted by atomic mass is 10.1. The topological polar surface area (TPSA) is 66.4 Å². The SMILES string of the molecule is O=C(CCCSc1ccc(Br)cc1)N[C@@H]1CC[C@H](C(=O)O)C1. The first kappa shape index (κ1) is 17.3. The van der Waals surface area contributed by atoms with Crippen LogP contribution in [0.1, 0.15) is 32.1 Å². The van der Waals surface area contributed by atoms with Gasteiger partial charge in [0.05, 0.1) is 5.92 Å². The smallest absolute Gasteiger partial charge is 0.306 e. The number of amides is 1. The molecule has 1 aromatic carbocycles. The van der Waals surface area contributed by atoms with Crippen LogP contribution in [0.5, 0.6) is 0 Å². The Hall–Kier alpha value is -1.01. The van der Waals surface area contributed by atoms with Gasteiger partial charge in [-0.25, -0.2) is 0 Å². The van der Waals surface area contributed by atoms with E-state index in [-0.39, 0.29) is 17.9 Å². The van der Waals surface area contributed by atoms with Crippen molar-refractivity contribution in [3.63, 3.8) is 0 Å². The summed E-state index contributed by atoms with van der Waals surface area (Å²) in [5.74, 6) is -0.106. The summed E-state index contributed by atoms with van der Waals surface area (Å²) in [5.41, 5.74) is 0. The molecule has 2 N–H and O–H groups in total. The minimum atomic E-state index is -0.748. The van der Waals surface area contributed by atoms with Gasteiger partial charge in [0.15, 0.2) is 0 Å². The molecule has 22 heavy (non-hydrogen) atoms. The summed E-state index contributed by atoms with van der Waals surface area (Å²) < 4.78 is 1.06. The standard InChI is InChI=1S/C16H20BrNO3S/c17-12-4-7-14(8-5-12)22-9-1-2-15(19)18-13-6-3-11(10-13)16(20)21/h4-5,7-8,11,13H,1-3,6,9-10H2,(H,18,19)(H,20,21)/t11-,13+/m0/s1. The summed E-state index contributed by atoms with van der Waals surface area (Å²) in [7, 11) is 0. The Morgan fingerprint density at radius 1 is 1.27 bits per heavy atom. The van der Waals surface area contributed by atoms with E-state index in [0.29, 0.717) is 19.3 Å². The van der Waals surface area contributed by atoms with Crippen molar-refractivity contribution in [1.82, 2.24) is 5.32 Å². The average Bonchev–Trinajstić information content (AvgIpc) is 2.94. The van der Waals surface area contributed by atoms with Gasteiger partial charge in [-0.1, -0.05) is 15.9 Å². The molecular weight excluding hydrogens is 366 g/mol. The Kier molecular flexibility index (Phi) is 6.76. The molecule has 0 bridgehead atoms. The number of aliphatic carboxylic acids is 1. The zero-order valence-electron chi connectivity index (χ0n) is 12.3. The monoisotopic (exact) mass is 385 g/mol. The second kappa shape index (κ2) is 8.58. The summed E-state index contributed by atoms with van der Waals surface area (Å²) in [6.07, 6.45) is 3.32. The van der Waals surface area contributed by atoms with E-state index in [4.69, 9.17) is 5.11 Å². The average molecular weight is 386 g/mol. The van der Waals surface area contributed by atoms with E-state index in [1.807, 2.05) is 12.1 Å². The quantitative estimate of drug-likeness (QED) is 0.554. The van der Waals surface area contributed by atoms with Crippen molar-refractivity contribution in [3.8, 4) is 0 Å². The van der Waals surface area contributed by atoms with Gasteiger partial charge in [0.2, 0.25) is 5.91 Å². The molecule has 1 fully saturated rings. The molecule has 1 aromatic rings. The highest BCUT2D eigenvalue weighted by molar-refractivity contribution is 9.10. The maximum atomic E-state index is 11.9. The Labute approximate surface area is 143 Å². The molecule has 2 rings (SSSR count). The Morgan fingerprint density at radius 3 is 2.64 bits per heavy atom. The van der Waals surface area contributed by atoms with E-state index in [0.717, 1.165) is 23.1 Å². The van der Waals surface area contributed by atoms with Gasteiger partial charge in [-0.2, -0.15) is 0 Å². The van der Waals surface area contributed by atoms with Crippen molar-refractivity contribution in [3.05, 3.63) is 28.7 Å². The number of nitrogens with one attached hydrogen (secondary N) is 1. The van der Waals surface area contributed by atoms with Gasteiger partial charge in [-0.15, -0.1) is 11.8 Å².